The zero-order valence-electron chi connectivity index (χ0n) is 11.8. The van der Waals surface area contributed by atoms with Crippen LogP contribution in [-0.4, -0.2) is 15.0 Å². The van der Waals surface area contributed by atoms with Crippen LogP contribution in [0.2, 0.25) is 0 Å². The second-order valence-corrected chi connectivity index (χ2v) is 6.61. The maximum absolute atomic E-state index is 12.2. The largest absolute Gasteiger partial charge is 0.330 e. The lowest BCUT2D eigenvalue weighted by Crippen LogP contribution is -2.23. The van der Waals surface area contributed by atoms with Gasteiger partial charge in [0.2, 0.25) is 10.0 Å². The molecule has 0 saturated heterocycles. The molecule has 4 nitrogen and oxygen atoms in total. The van der Waals surface area contributed by atoms with Gasteiger partial charge in [0.1, 0.15) is 0 Å². The molecule has 0 atom stereocenters. The summed E-state index contributed by atoms with van der Waals surface area (Å²) in [7, 11) is -3.47. The fourth-order valence-electron chi connectivity index (χ4n) is 2.00. The molecule has 0 aliphatic rings. The van der Waals surface area contributed by atoms with Crippen LogP contribution in [0, 0.1) is 0 Å². The summed E-state index contributed by atoms with van der Waals surface area (Å²) in [6.45, 7) is 0.927. The number of nitrogens with two attached hydrogens (primary N) is 1. The van der Waals surface area contributed by atoms with E-state index in [9.17, 15) is 8.42 Å². The number of hydrogen-bond donors (Lipinski definition) is 2. The maximum atomic E-state index is 12.2. The molecule has 0 radical (unpaired) electrons. The molecule has 0 heterocycles. The first-order valence-corrected chi connectivity index (χ1v) is 8.43. The van der Waals surface area contributed by atoms with Crippen LogP contribution >= 0.6 is 0 Å². The summed E-state index contributed by atoms with van der Waals surface area (Å²) in [6, 6.07) is 16.4. The van der Waals surface area contributed by atoms with Crippen LogP contribution in [0.25, 0.3) is 0 Å². The standard InChI is InChI=1S/C16H20N2O2S/c17-12-4-7-14-8-10-16(11-9-14)21(19,20)18-13-15-5-2-1-3-6-15/h1-3,5-6,8-11,18H,4,7,12-13,17H2. The SMILES string of the molecule is NCCCc1ccc(S(=O)(=O)NCc2ccccc2)cc1. The van der Waals surface area contributed by atoms with Gasteiger partial charge in [-0.2, -0.15) is 0 Å². The molecule has 3 N–H and O–H groups in total. The Bertz CT molecular complexity index is 652. The van der Waals surface area contributed by atoms with Gasteiger partial charge in [-0.15, -0.1) is 0 Å². The Kier molecular flexibility index (Phi) is 5.50. The minimum Gasteiger partial charge on any atom is -0.330 e. The van der Waals surface area contributed by atoms with Crippen molar-refractivity contribution in [3.8, 4) is 0 Å². The van der Waals surface area contributed by atoms with Crippen LogP contribution in [0.5, 0.6) is 0 Å². The van der Waals surface area contributed by atoms with Crippen LogP contribution in [0.4, 0.5) is 0 Å². The first-order chi connectivity index (χ1) is 10.1. The van der Waals surface area contributed by atoms with Crippen molar-refractivity contribution in [2.24, 2.45) is 5.73 Å². The summed E-state index contributed by atoms with van der Waals surface area (Å²) >= 11 is 0. The van der Waals surface area contributed by atoms with E-state index in [-0.39, 0.29) is 11.4 Å². The van der Waals surface area contributed by atoms with Gasteiger partial charge in [-0.1, -0.05) is 42.5 Å². The van der Waals surface area contributed by atoms with E-state index < -0.39 is 10.0 Å². The Hall–Kier alpha value is -1.69. The molecule has 112 valence electrons. The summed E-state index contributed by atoms with van der Waals surface area (Å²) in [4.78, 5) is 0.287. The number of rotatable bonds is 7. The van der Waals surface area contributed by atoms with Crippen LogP contribution in [-0.2, 0) is 23.0 Å². The molecule has 0 spiro atoms. The van der Waals surface area contributed by atoms with Gasteiger partial charge in [0.15, 0.2) is 0 Å². The van der Waals surface area contributed by atoms with Crippen LogP contribution in [0.1, 0.15) is 17.5 Å². The van der Waals surface area contributed by atoms with Crippen molar-refractivity contribution in [3.63, 3.8) is 0 Å². The normalized spacial score (nSPS) is 11.5. The summed E-state index contributed by atoms with van der Waals surface area (Å²) in [6.07, 6.45) is 1.77. The van der Waals surface area contributed by atoms with Crippen molar-refractivity contribution in [2.45, 2.75) is 24.3 Å². The van der Waals surface area contributed by atoms with Crippen molar-refractivity contribution >= 4 is 10.0 Å². The number of sulfonamides is 1. The molecular formula is C16H20N2O2S. The van der Waals surface area contributed by atoms with Crippen molar-refractivity contribution < 1.29 is 8.42 Å². The van der Waals surface area contributed by atoms with Gasteiger partial charge in [-0.05, 0) is 42.6 Å². The second kappa shape index (κ2) is 7.36. The number of hydrogen-bond acceptors (Lipinski definition) is 3. The second-order valence-electron chi connectivity index (χ2n) is 4.85. The predicted octanol–water partition coefficient (Wildman–Crippen LogP) is 2.06. The predicted molar refractivity (Wildman–Crippen MR) is 84.3 cm³/mol. The van der Waals surface area contributed by atoms with Gasteiger partial charge < -0.3 is 5.73 Å². The van der Waals surface area contributed by atoms with Gasteiger partial charge >= 0.3 is 0 Å². The molecule has 0 saturated carbocycles. The molecule has 0 aliphatic carbocycles. The highest BCUT2D eigenvalue weighted by Crippen LogP contribution is 2.12. The van der Waals surface area contributed by atoms with Crippen molar-refractivity contribution in [3.05, 3.63) is 65.7 Å². The zero-order valence-corrected chi connectivity index (χ0v) is 12.6. The summed E-state index contributed by atoms with van der Waals surface area (Å²) in [5.74, 6) is 0. The van der Waals surface area contributed by atoms with Crippen LogP contribution < -0.4 is 10.5 Å². The lowest BCUT2D eigenvalue weighted by atomic mass is 10.1. The molecule has 0 aliphatic heterocycles. The smallest absolute Gasteiger partial charge is 0.240 e. The number of nitrogens with one attached hydrogen (secondary N) is 1. The van der Waals surface area contributed by atoms with E-state index in [4.69, 9.17) is 5.73 Å². The summed E-state index contributed by atoms with van der Waals surface area (Å²) in [5, 5.41) is 0. The van der Waals surface area contributed by atoms with Gasteiger partial charge in [0.25, 0.3) is 0 Å². The summed E-state index contributed by atoms with van der Waals surface area (Å²) < 4.78 is 27.0. The fraction of sp³-hybridized carbons (Fsp3) is 0.250. The van der Waals surface area contributed by atoms with Gasteiger partial charge in [-0.25, -0.2) is 13.1 Å². The molecule has 0 bridgehead atoms. The van der Waals surface area contributed by atoms with E-state index in [1.807, 2.05) is 42.5 Å². The molecular weight excluding hydrogens is 284 g/mol. The molecule has 0 amide bonds. The third-order valence-corrected chi connectivity index (χ3v) is 4.63. The third kappa shape index (κ3) is 4.67. The van der Waals surface area contributed by atoms with Crippen LogP contribution in [0.15, 0.2) is 59.5 Å². The van der Waals surface area contributed by atoms with E-state index in [1.54, 1.807) is 12.1 Å². The lowest BCUT2D eigenvalue weighted by molar-refractivity contribution is 0.581. The van der Waals surface area contributed by atoms with Crippen molar-refractivity contribution in [1.29, 1.82) is 0 Å². The number of benzene rings is 2. The molecule has 5 heteroatoms. The summed E-state index contributed by atoms with van der Waals surface area (Å²) in [5.41, 5.74) is 7.50. The highest BCUT2D eigenvalue weighted by Gasteiger charge is 2.13. The molecule has 0 fully saturated rings. The van der Waals surface area contributed by atoms with Crippen LogP contribution in [0.3, 0.4) is 0 Å². The quantitative estimate of drug-likeness (QED) is 0.822. The first kappa shape index (κ1) is 15.7. The first-order valence-electron chi connectivity index (χ1n) is 6.94. The molecule has 2 rings (SSSR count). The van der Waals surface area contributed by atoms with E-state index in [0.717, 1.165) is 24.0 Å². The highest BCUT2D eigenvalue weighted by molar-refractivity contribution is 7.89. The lowest BCUT2D eigenvalue weighted by Gasteiger charge is -2.08. The van der Waals surface area contributed by atoms with E-state index in [2.05, 4.69) is 4.72 Å². The maximum Gasteiger partial charge on any atom is 0.240 e. The van der Waals surface area contributed by atoms with E-state index in [1.165, 1.54) is 0 Å². The average molecular weight is 304 g/mol. The molecule has 2 aromatic carbocycles. The monoisotopic (exact) mass is 304 g/mol. The van der Waals surface area contributed by atoms with Crippen molar-refractivity contribution in [2.75, 3.05) is 6.54 Å². The van der Waals surface area contributed by atoms with Gasteiger partial charge in [0, 0.05) is 6.54 Å². The molecule has 2 aromatic rings. The van der Waals surface area contributed by atoms with Gasteiger partial charge in [-0.3, -0.25) is 0 Å². The minimum absolute atomic E-state index is 0.287. The van der Waals surface area contributed by atoms with E-state index in [0.29, 0.717) is 6.54 Å². The minimum atomic E-state index is -3.47. The van der Waals surface area contributed by atoms with Crippen molar-refractivity contribution in [1.82, 2.24) is 4.72 Å². The Morgan fingerprint density at radius 1 is 0.905 bits per heavy atom. The molecule has 0 unspecified atom stereocenters. The Labute approximate surface area is 126 Å². The molecule has 21 heavy (non-hydrogen) atoms. The van der Waals surface area contributed by atoms with E-state index >= 15 is 0 Å². The third-order valence-electron chi connectivity index (χ3n) is 3.21. The average Bonchev–Trinajstić information content (AvgIpc) is 2.52. The zero-order chi connectivity index (χ0) is 15.1. The topological polar surface area (TPSA) is 72.2 Å². The fourth-order valence-corrected chi connectivity index (χ4v) is 3.02. The van der Waals surface area contributed by atoms with Gasteiger partial charge in [0.05, 0.1) is 4.90 Å². The molecule has 0 aromatic heterocycles. The Balaban J connectivity index is 2.02. The highest BCUT2D eigenvalue weighted by atomic mass is 32.2. The Morgan fingerprint density at radius 2 is 1.57 bits per heavy atom. The number of aryl methyl sites for hydroxylation is 1. The Morgan fingerprint density at radius 3 is 2.19 bits per heavy atom.